The third-order valence-electron chi connectivity index (χ3n) is 4.32. The summed E-state index contributed by atoms with van der Waals surface area (Å²) in [5, 5.41) is 0. The van der Waals surface area contributed by atoms with E-state index >= 15 is 0 Å². The maximum atomic E-state index is 6.07. The molecule has 0 saturated heterocycles. The molecular formula is C14H30N2. The highest BCUT2D eigenvalue weighted by Crippen LogP contribution is 2.31. The van der Waals surface area contributed by atoms with Gasteiger partial charge in [0.1, 0.15) is 0 Å². The van der Waals surface area contributed by atoms with Gasteiger partial charge in [0.25, 0.3) is 0 Å². The number of likely N-dealkylation sites (N-methyl/N-ethyl adjacent to an activating group) is 1. The van der Waals surface area contributed by atoms with Gasteiger partial charge in [-0.2, -0.15) is 0 Å². The predicted octanol–water partition coefficient (Wildman–Crippen LogP) is 3.16. The Morgan fingerprint density at radius 2 is 1.69 bits per heavy atom. The van der Waals surface area contributed by atoms with Crippen molar-refractivity contribution in [1.82, 2.24) is 4.90 Å². The van der Waals surface area contributed by atoms with Gasteiger partial charge in [0.05, 0.1) is 0 Å². The summed E-state index contributed by atoms with van der Waals surface area (Å²) in [5.41, 5.74) is 6.39. The highest BCUT2D eigenvalue weighted by Gasteiger charge is 2.32. The predicted molar refractivity (Wildman–Crippen MR) is 71.6 cm³/mol. The lowest BCUT2D eigenvalue weighted by molar-refractivity contribution is 0.105. The number of rotatable bonds is 6. The van der Waals surface area contributed by atoms with Crippen molar-refractivity contribution in [2.24, 2.45) is 5.73 Å². The second-order valence-electron chi connectivity index (χ2n) is 5.47. The molecule has 2 heteroatoms. The van der Waals surface area contributed by atoms with E-state index in [1.54, 1.807) is 0 Å². The van der Waals surface area contributed by atoms with Crippen LogP contribution in [0.1, 0.15) is 64.7 Å². The molecule has 1 fully saturated rings. The molecule has 0 heterocycles. The molecule has 1 saturated carbocycles. The second kappa shape index (κ2) is 7.29. The normalized spacial score (nSPS) is 21.0. The quantitative estimate of drug-likeness (QED) is 0.557. The van der Waals surface area contributed by atoms with Crippen molar-refractivity contribution in [2.75, 3.05) is 20.1 Å². The van der Waals surface area contributed by atoms with Gasteiger partial charge < -0.3 is 5.73 Å². The molecule has 0 bridgehead atoms. The van der Waals surface area contributed by atoms with E-state index in [4.69, 9.17) is 5.73 Å². The van der Waals surface area contributed by atoms with Gasteiger partial charge >= 0.3 is 0 Å². The van der Waals surface area contributed by atoms with Crippen molar-refractivity contribution in [1.29, 1.82) is 0 Å². The first-order valence-electron chi connectivity index (χ1n) is 7.16. The summed E-state index contributed by atoms with van der Waals surface area (Å²) < 4.78 is 0. The minimum atomic E-state index is 0.324. The largest absolute Gasteiger partial charge is 0.329 e. The standard InChI is InChI=1S/C14H30N2/c1-3-4-9-12-16(2)14(13-15)10-7-5-6-8-11-14/h3-13,15H2,1-2H3. The topological polar surface area (TPSA) is 29.3 Å². The van der Waals surface area contributed by atoms with E-state index in [9.17, 15) is 0 Å². The molecule has 1 aliphatic rings. The Balaban J connectivity index is 2.48. The van der Waals surface area contributed by atoms with Crippen LogP contribution >= 0.6 is 0 Å². The molecule has 1 rings (SSSR count). The maximum absolute atomic E-state index is 6.07. The molecule has 0 spiro atoms. The van der Waals surface area contributed by atoms with E-state index in [0.29, 0.717) is 5.54 Å². The Morgan fingerprint density at radius 3 is 2.19 bits per heavy atom. The molecule has 16 heavy (non-hydrogen) atoms. The SMILES string of the molecule is CCCCCN(C)C1(CN)CCCCCC1. The second-order valence-corrected chi connectivity index (χ2v) is 5.47. The summed E-state index contributed by atoms with van der Waals surface area (Å²) in [6.45, 7) is 4.34. The van der Waals surface area contributed by atoms with Gasteiger partial charge in [-0.15, -0.1) is 0 Å². The van der Waals surface area contributed by atoms with Gasteiger partial charge in [-0.3, -0.25) is 4.90 Å². The fourth-order valence-electron chi connectivity index (χ4n) is 2.96. The first-order valence-corrected chi connectivity index (χ1v) is 7.16. The van der Waals surface area contributed by atoms with Crippen molar-refractivity contribution in [2.45, 2.75) is 70.3 Å². The Kier molecular flexibility index (Phi) is 6.37. The lowest BCUT2D eigenvalue weighted by Gasteiger charge is -2.41. The smallest absolute Gasteiger partial charge is 0.0328 e. The molecule has 2 N–H and O–H groups in total. The van der Waals surface area contributed by atoms with Crippen LogP contribution in [0.4, 0.5) is 0 Å². The summed E-state index contributed by atoms with van der Waals surface area (Å²) in [6.07, 6.45) is 12.2. The number of hydrogen-bond donors (Lipinski definition) is 1. The molecule has 0 radical (unpaired) electrons. The van der Waals surface area contributed by atoms with Crippen LogP contribution in [-0.2, 0) is 0 Å². The molecule has 0 aromatic carbocycles. The van der Waals surface area contributed by atoms with Crippen LogP contribution in [-0.4, -0.2) is 30.6 Å². The third-order valence-corrected chi connectivity index (χ3v) is 4.32. The van der Waals surface area contributed by atoms with Gasteiger partial charge in [-0.05, 0) is 32.9 Å². The number of nitrogens with zero attached hydrogens (tertiary/aromatic N) is 1. The van der Waals surface area contributed by atoms with E-state index in [1.807, 2.05) is 0 Å². The molecule has 0 amide bonds. The molecule has 0 aromatic heterocycles. The van der Waals surface area contributed by atoms with Crippen LogP contribution in [0.25, 0.3) is 0 Å². The third kappa shape index (κ3) is 3.74. The zero-order chi connectivity index (χ0) is 11.9. The molecule has 96 valence electrons. The highest BCUT2D eigenvalue weighted by atomic mass is 15.2. The van der Waals surface area contributed by atoms with Crippen LogP contribution in [0, 0.1) is 0 Å². The summed E-state index contributed by atoms with van der Waals surface area (Å²) in [6, 6.07) is 0. The minimum absolute atomic E-state index is 0.324. The van der Waals surface area contributed by atoms with Gasteiger partial charge in [0.15, 0.2) is 0 Å². The van der Waals surface area contributed by atoms with Gasteiger partial charge in [-0.1, -0.05) is 45.4 Å². The van der Waals surface area contributed by atoms with Gasteiger partial charge in [0, 0.05) is 12.1 Å². The van der Waals surface area contributed by atoms with E-state index in [2.05, 4.69) is 18.9 Å². The van der Waals surface area contributed by atoms with Crippen molar-refractivity contribution >= 4 is 0 Å². The van der Waals surface area contributed by atoms with Gasteiger partial charge in [0.2, 0.25) is 0 Å². The maximum Gasteiger partial charge on any atom is 0.0328 e. The van der Waals surface area contributed by atoms with Crippen LogP contribution in [0.3, 0.4) is 0 Å². The van der Waals surface area contributed by atoms with Crippen LogP contribution < -0.4 is 5.73 Å². The zero-order valence-corrected chi connectivity index (χ0v) is 11.3. The lowest BCUT2D eigenvalue weighted by atomic mass is 9.88. The number of unbranched alkanes of at least 4 members (excludes halogenated alkanes) is 2. The summed E-state index contributed by atoms with van der Waals surface area (Å²) in [5.74, 6) is 0. The van der Waals surface area contributed by atoms with Crippen molar-refractivity contribution in [3.63, 3.8) is 0 Å². The lowest BCUT2D eigenvalue weighted by Crippen LogP contribution is -2.52. The fraction of sp³-hybridized carbons (Fsp3) is 1.00. The number of nitrogens with two attached hydrogens (primary N) is 1. The average molecular weight is 226 g/mol. The zero-order valence-electron chi connectivity index (χ0n) is 11.3. The Hall–Kier alpha value is -0.0800. The van der Waals surface area contributed by atoms with E-state index < -0.39 is 0 Å². The highest BCUT2D eigenvalue weighted by molar-refractivity contribution is 4.91. The molecular weight excluding hydrogens is 196 g/mol. The van der Waals surface area contributed by atoms with Crippen LogP contribution in [0.15, 0.2) is 0 Å². The average Bonchev–Trinajstić information content (AvgIpc) is 2.55. The van der Waals surface area contributed by atoms with Crippen LogP contribution in [0.5, 0.6) is 0 Å². The molecule has 0 unspecified atom stereocenters. The molecule has 0 atom stereocenters. The van der Waals surface area contributed by atoms with Crippen LogP contribution in [0.2, 0.25) is 0 Å². The Morgan fingerprint density at radius 1 is 1.06 bits per heavy atom. The Labute approximate surface area is 102 Å². The first kappa shape index (κ1) is 14.0. The summed E-state index contributed by atoms with van der Waals surface area (Å²) in [7, 11) is 2.29. The first-order chi connectivity index (χ1) is 7.75. The van der Waals surface area contributed by atoms with Gasteiger partial charge in [-0.25, -0.2) is 0 Å². The van der Waals surface area contributed by atoms with Crippen molar-refractivity contribution < 1.29 is 0 Å². The molecule has 0 aliphatic heterocycles. The van der Waals surface area contributed by atoms with E-state index in [-0.39, 0.29) is 0 Å². The molecule has 0 aromatic rings. The molecule has 1 aliphatic carbocycles. The van der Waals surface area contributed by atoms with Crippen molar-refractivity contribution in [3.05, 3.63) is 0 Å². The monoisotopic (exact) mass is 226 g/mol. The van der Waals surface area contributed by atoms with Crippen molar-refractivity contribution in [3.8, 4) is 0 Å². The van der Waals surface area contributed by atoms with E-state index in [0.717, 1.165) is 6.54 Å². The summed E-state index contributed by atoms with van der Waals surface area (Å²) >= 11 is 0. The van der Waals surface area contributed by atoms with E-state index in [1.165, 1.54) is 64.3 Å². The summed E-state index contributed by atoms with van der Waals surface area (Å²) in [4.78, 5) is 2.56. The number of hydrogen-bond acceptors (Lipinski definition) is 2. The Bertz CT molecular complexity index is 172. The fourth-order valence-corrected chi connectivity index (χ4v) is 2.96. The minimum Gasteiger partial charge on any atom is -0.329 e. The molecule has 2 nitrogen and oxygen atoms in total.